The van der Waals surface area contributed by atoms with Gasteiger partial charge in [-0.25, -0.2) is 0 Å². The van der Waals surface area contributed by atoms with E-state index in [-0.39, 0.29) is 17.7 Å². The van der Waals surface area contributed by atoms with Gasteiger partial charge in [-0.3, -0.25) is 19.7 Å². The maximum atomic E-state index is 12.2. The van der Waals surface area contributed by atoms with E-state index in [9.17, 15) is 19.7 Å². The first kappa shape index (κ1) is 17.6. The summed E-state index contributed by atoms with van der Waals surface area (Å²) in [7, 11) is 0. The van der Waals surface area contributed by atoms with Gasteiger partial charge in [0.1, 0.15) is 6.04 Å². The van der Waals surface area contributed by atoms with E-state index in [1.54, 1.807) is 0 Å². The lowest BCUT2D eigenvalue weighted by Crippen LogP contribution is -2.45. The summed E-state index contributed by atoms with van der Waals surface area (Å²) < 4.78 is 0. The summed E-state index contributed by atoms with van der Waals surface area (Å²) in [6, 6.07) is 12.5. The zero-order valence-electron chi connectivity index (χ0n) is 13.0. The Labute approximate surface area is 143 Å². The van der Waals surface area contributed by atoms with Crippen molar-refractivity contribution in [3.05, 3.63) is 75.3 Å². The number of amides is 2. The summed E-state index contributed by atoms with van der Waals surface area (Å²) in [6.07, 6.45) is 0.106. The predicted molar refractivity (Wildman–Crippen MR) is 88.4 cm³/mol. The van der Waals surface area contributed by atoms with Crippen LogP contribution in [-0.4, -0.2) is 22.8 Å². The molecule has 0 saturated carbocycles. The highest BCUT2D eigenvalue weighted by molar-refractivity contribution is 5.97. The van der Waals surface area contributed by atoms with E-state index in [2.05, 4.69) is 5.32 Å². The van der Waals surface area contributed by atoms with E-state index in [1.165, 1.54) is 48.5 Å². The molecular weight excluding hydrogens is 324 g/mol. The second-order valence-corrected chi connectivity index (χ2v) is 5.25. The van der Waals surface area contributed by atoms with Gasteiger partial charge in [0.15, 0.2) is 0 Å². The molecule has 2 aromatic rings. The first-order chi connectivity index (χ1) is 11.9. The Morgan fingerprint density at radius 2 is 1.76 bits per heavy atom. The van der Waals surface area contributed by atoms with Gasteiger partial charge in [-0.05, 0) is 29.8 Å². The molecule has 0 bridgehead atoms. The van der Waals surface area contributed by atoms with Gasteiger partial charge in [0.2, 0.25) is 5.91 Å². The first-order valence-electron chi connectivity index (χ1n) is 7.24. The maximum absolute atomic E-state index is 12.2. The molecule has 8 heteroatoms. The largest absolute Gasteiger partial charge is 0.368 e. The third-order valence-corrected chi connectivity index (χ3v) is 3.51. The van der Waals surface area contributed by atoms with Gasteiger partial charge in [-0.1, -0.05) is 12.1 Å². The monoisotopic (exact) mass is 338 g/mol. The molecule has 0 aliphatic rings. The molecule has 25 heavy (non-hydrogen) atoms. The zero-order chi connectivity index (χ0) is 18.4. The molecule has 2 rings (SSSR count). The third kappa shape index (κ3) is 4.62. The summed E-state index contributed by atoms with van der Waals surface area (Å²) in [5, 5.41) is 21.9. The summed E-state index contributed by atoms with van der Waals surface area (Å²) >= 11 is 0. The van der Waals surface area contributed by atoms with E-state index >= 15 is 0 Å². The Morgan fingerprint density at radius 3 is 2.24 bits per heavy atom. The number of benzene rings is 2. The number of hydrogen-bond acceptors (Lipinski definition) is 5. The van der Waals surface area contributed by atoms with Crippen molar-refractivity contribution in [2.24, 2.45) is 5.73 Å². The van der Waals surface area contributed by atoms with Crippen LogP contribution in [0.15, 0.2) is 48.5 Å². The summed E-state index contributed by atoms with van der Waals surface area (Å²) in [5.74, 6) is -1.23. The lowest BCUT2D eigenvalue weighted by molar-refractivity contribution is -0.384. The fourth-order valence-corrected chi connectivity index (χ4v) is 2.15. The standard InChI is InChI=1S/C17H14N4O4/c18-10-12-1-5-13(6-2-12)17(23)20-15(16(19)22)9-11-3-7-14(8-4-11)21(24)25/h1-8,15H,9H2,(H2,19,22)(H,20,23)/t15-/m0/s1. The van der Waals surface area contributed by atoms with E-state index in [1.807, 2.05) is 6.07 Å². The zero-order valence-corrected chi connectivity index (χ0v) is 13.0. The highest BCUT2D eigenvalue weighted by Crippen LogP contribution is 2.13. The van der Waals surface area contributed by atoms with Gasteiger partial charge >= 0.3 is 0 Å². The number of primary amides is 1. The summed E-state index contributed by atoms with van der Waals surface area (Å²) in [4.78, 5) is 33.9. The van der Waals surface area contributed by atoms with Crippen LogP contribution in [0.25, 0.3) is 0 Å². The smallest absolute Gasteiger partial charge is 0.269 e. The number of nitro groups is 1. The number of rotatable bonds is 6. The number of non-ortho nitro benzene ring substituents is 1. The van der Waals surface area contributed by atoms with Gasteiger partial charge in [-0.15, -0.1) is 0 Å². The van der Waals surface area contributed by atoms with Crippen molar-refractivity contribution in [1.29, 1.82) is 5.26 Å². The third-order valence-electron chi connectivity index (χ3n) is 3.51. The molecule has 0 aromatic heterocycles. The number of nitrogens with zero attached hydrogens (tertiary/aromatic N) is 2. The second kappa shape index (κ2) is 7.70. The molecule has 1 atom stereocenters. The Hall–Kier alpha value is -3.73. The Kier molecular flexibility index (Phi) is 5.43. The molecule has 2 aromatic carbocycles. The van der Waals surface area contributed by atoms with Crippen LogP contribution in [0.4, 0.5) is 5.69 Å². The number of nitrogens with one attached hydrogen (secondary N) is 1. The van der Waals surface area contributed by atoms with Crippen molar-refractivity contribution < 1.29 is 14.5 Å². The molecular formula is C17H14N4O4. The summed E-state index contributed by atoms with van der Waals surface area (Å²) in [5.41, 5.74) is 6.58. The van der Waals surface area contributed by atoms with Gasteiger partial charge in [0, 0.05) is 24.1 Å². The minimum Gasteiger partial charge on any atom is -0.368 e. The molecule has 126 valence electrons. The molecule has 3 N–H and O–H groups in total. The van der Waals surface area contributed by atoms with Crippen LogP contribution in [-0.2, 0) is 11.2 Å². The van der Waals surface area contributed by atoms with Crippen LogP contribution in [0.2, 0.25) is 0 Å². The number of nitriles is 1. The number of nitro benzene ring substituents is 1. The topological polar surface area (TPSA) is 139 Å². The van der Waals surface area contributed by atoms with Gasteiger partial charge < -0.3 is 11.1 Å². The van der Waals surface area contributed by atoms with Crippen molar-refractivity contribution in [3.63, 3.8) is 0 Å². The minimum atomic E-state index is -0.968. The van der Waals surface area contributed by atoms with Gasteiger partial charge in [-0.2, -0.15) is 5.26 Å². The molecule has 0 radical (unpaired) electrons. The maximum Gasteiger partial charge on any atom is 0.269 e. The molecule has 0 heterocycles. The SMILES string of the molecule is N#Cc1ccc(C(=O)N[C@@H](Cc2ccc([N+](=O)[O-])cc2)C(N)=O)cc1. The fourth-order valence-electron chi connectivity index (χ4n) is 2.15. The van der Waals surface area contributed by atoms with Crippen molar-refractivity contribution in [3.8, 4) is 6.07 Å². The van der Waals surface area contributed by atoms with E-state index < -0.39 is 22.8 Å². The van der Waals surface area contributed by atoms with Crippen LogP contribution < -0.4 is 11.1 Å². The minimum absolute atomic E-state index is 0.0685. The lowest BCUT2D eigenvalue weighted by atomic mass is 10.0. The van der Waals surface area contributed by atoms with Crippen LogP contribution in [0, 0.1) is 21.4 Å². The number of nitrogens with two attached hydrogens (primary N) is 1. The highest BCUT2D eigenvalue weighted by Gasteiger charge is 2.20. The second-order valence-electron chi connectivity index (χ2n) is 5.25. The van der Waals surface area contributed by atoms with Crippen LogP contribution in [0.5, 0.6) is 0 Å². The Morgan fingerprint density at radius 1 is 1.16 bits per heavy atom. The predicted octanol–water partition coefficient (Wildman–Crippen LogP) is 1.29. The number of carbonyl (C=O) groups excluding carboxylic acids is 2. The molecule has 0 spiro atoms. The molecule has 0 fully saturated rings. The van der Waals surface area contributed by atoms with E-state index in [4.69, 9.17) is 11.0 Å². The molecule has 0 saturated heterocycles. The Bertz CT molecular complexity index is 838. The Balaban J connectivity index is 2.09. The van der Waals surface area contributed by atoms with Crippen molar-refractivity contribution in [2.75, 3.05) is 0 Å². The average molecular weight is 338 g/mol. The molecule has 2 amide bonds. The average Bonchev–Trinajstić information content (AvgIpc) is 2.61. The van der Waals surface area contributed by atoms with E-state index in [0.29, 0.717) is 11.1 Å². The first-order valence-corrected chi connectivity index (χ1v) is 7.24. The lowest BCUT2D eigenvalue weighted by Gasteiger charge is -2.15. The van der Waals surface area contributed by atoms with Crippen LogP contribution in [0.3, 0.4) is 0 Å². The summed E-state index contributed by atoms with van der Waals surface area (Å²) in [6.45, 7) is 0. The van der Waals surface area contributed by atoms with Gasteiger partial charge in [0.05, 0.1) is 16.6 Å². The number of carbonyl (C=O) groups is 2. The molecule has 8 nitrogen and oxygen atoms in total. The molecule has 0 aliphatic carbocycles. The van der Waals surface area contributed by atoms with Crippen LogP contribution in [0.1, 0.15) is 21.5 Å². The van der Waals surface area contributed by atoms with Crippen molar-refractivity contribution in [2.45, 2.75) is 12.5 Å². The fraction of sp³-hybridized carbons (Fsp3) is 0.118. The quantitative estimate of drug-likeness (QED) is 0.603. The molecule has 0 aliphatic heterocycles. The molecule has 0 unspecified atom stereocenters. The van der Waals surface area contributed by atoms with Crippen molar-refractivity contribution >= 4 is 17.5 Å². The van der Waals surface area contributed by atoms with E-state index in [0.717, 1.165) is 0 Å². The number of hydrogen-bond donors (Lipinski definition) is 2. The van der Waals surface area contributed by atoms with Crippen LogP contribution >= 0.6 is 0 Å². The van der Waals surface area contributed by atoms with Gasteiger partial charge in [0.25, 0.3) is 11.6 Å². The highest BCUT2D eigenvalue weighted by atomic mass is 16.6. The normalized spacial score (nSPS) is 11.2. The van der Waals surface area contributed by atoms with Crippen molar-refractivity contribution in [1.82, 2.24) is 5.32 Å².